The summed E-state index contributed by atoms with van der Waals surface area (Å²) in [5.41, 5.74) is 2.13. The maximum Gasteiger partial charge on any atom is 0.223 e. The molecule has 6 heteroatoms. The van der Waals surface area contributed by atoms with E-state index < -0.39 is 11.6 Å². The molecular weight excluding hydrogens is 410 g/mol. The summed E-state index contributed by atoms with van der Waals surface area (Å²) in [6.45, 7) is 2.93. The Morgan fingerprint density at radius 3 is 2.72 bits per heavy atom. The van der Waals surface area contributed by atoms with Crippen LogP contribution in [0.5, 0.6) is 0 Å². The van der Waals surface area contributed by atoms with Crippen molar-refractivity contribution < 1.29 is 18.0 Å². The van der Waals surface area contributed by atoms with Crippen molar-refractivity contribution in [2.24, 2.45) is 0 Å². The summed E-state index contributed by atoms with van der Waals surface area (Å²) in [4.78, 5) is 19.4. The lowest BCUT2D eigenvalue weighted by Crippen LogP contribution is -2.30. The molecule has 0 saturated carbocycles. The lowest BCUT2D eigenvalue weighted by atomic mass is 10.0. The van der Waals surface area contributed by atoms with E-state index >= 15 is 0 Å². The molecule has 1 saturated heterocycles. The number of carbonyl (C=O) groups excluding carboxylic acids is 1. The molecule has 1 atom stereocenters. The molecule has 2 aromatic carbocycles. The highest BCUT2D eigenvalue weighted by Gasteiger charge is 2.33. The Hall–Kier alpha value is -2.76. The Labute approximate surface area is 187 Å². The summed E-state index contributed by atoms with van der Waals surface area (Å²) in [6, 6.07) is 8.62. The maximum atomic E-state index is 14.2. The highest BCUT2D eigenvalue weighted by atomic mass is 19.1. The fourth-order valence-electron chi connectivity index (χ4n) is 4.50. The number of oxazole rings is 1. The molecule has 0 radical (unpaired) electrons. The topological polar surface area (TPSA) is 46.3 Å². The smallest absolute Gasteiger partial charge is 0.223 e. The Morgan fingerprint density at radius 1 is 1.09 bits per heavy atom. The predicted molar refractivity (Wildman–Crippen MR) is 121 cm³/mol. The van der Waals surface area contributed by atoms with Gasteiger partial charge in [-0.05, 0) is 49.1 Å². The minimum absolute atomic E-state index is 0.152. The molecule has 1 fully saturated rings. The number of aromatic nitrogens is 1. The van der Waals surface area contributed by atoms with Gasteiger partial charge in [-0.2, -0.15) is 0 Å². The average molecular weight is 441 g/mol. The van der Waals surface area contributed by atoms with Crippen LogP contribution in [0.15, 0.2) is 40.8 Å². The lowest BCUT2D eigenvalue weighted by molar-refractivity contribution is -0.132. The molecule has 0 aliphatic carbocycles. The van der Waals surface area contributed by atoms with Crippen molar-refractivity contribution in [3.05, 3.63) is 53.9 Å². The molecule has 170 valence electrons. The number of hydrogen-bond donors (Lipinski definition) is 0. The van der Waals surface area contributed by atoms with E-state index in [0.717, 1.165) is 38.3 Å². The zero-order valence-corrected chi connectivity index (χ0v) is 18.6. The summed E-state index contributed by atoms with van der Waals surface area (Å²) in [6.07, 6.45) is 9.25. The number of benzene rings is 2. The van der Waals surface area contributed by atoms with Gasteiger partial charge in [0.05, 0.1) is 0 Å². The van der Waals surface area contributed by atoms with E-state index in [0.29, 0.717) is 34.5 Å². The monoisotopic (exact) mass is 440 g/mol. The van der Waals surface area contributed by atoms with Crippen LogP contribution in [-0.2, 0) is 4.79 Å². The number of likely N-dealkylation sites (tertiary alicyclic amines) is 1. The van der Waals surface area contributed by atoms with Crippen LogP contribution in [0.1, 0.15) is 76.6 Å². The zero-order chi connectivity index (χ0) is 22.5. The van der Waals surface area contributed by atoms with Gasteiger partial charge in [-0.1, -0.05) is 45.1 Å². The molecule has 4 rings (SSSR count). The predicted octanol–water partition coefficient (Wildman–Crippen LogP) is 7.19. The van der Waals surface area contributed by atoms with Crippen LogP contribution in [0.4, 0.5) is 8.78 Å². The van der Waals surface area contributed by atoms with Crippen molar-refractivity contribution in [2.75, 3.05) is 6.54 Å². The first-order valence-corrected chi connectivity index (χ1v) is 11.7. The van der Waals surface area contributed by atoms with Gasteiger partial charge >= 0.3 is 0 Å². The molecule has 1 aromatic heterocycles. The van der Waals surface area contributed by atoms with E-state index in [1.807, 2.05) is 4.90 Å². The van der Waals surface area contributed by atoms with E-state index in [1.54, 1.807) is 18.2 Å². The van der Waals surface area contributed by atoms with Gasteiger partial charge in [0, 0.05) is 24.6 Å². The molecule has 4 nitrogen and oxygen atoms in total. The Balaban J connectivity index is 1.46. The van der Waals surface area contributed by atoms with E-state index in [9.17, 15) is 13.6 Å². The minimum Gasteiger partial charge on any atom is -0.438 e. The third kappa shape index (κ3) is 5.00. The van der Waals surface area contributed by atoms with Gasteiger partial charge in [0.1, 0.15) is 23.2 Å². The van der Waals surface area contributed by atoms with Crippen LogP contribution >= 0.6 is 0 Å². The molecule has 0 bridgehead atoms. The Bertz CT molecular complexity index is 1080. The molecule has 0 spiro atoms. The second kappa shape index (κ2) is 10.2. The summed E-state index contributed by atoms with van der Waals surface area (Å²) in [5.74, 6) is -0.525. The second-order valence-electron chi connectivity index (χ2n) is 8.62. The number of carbonyl (C=O) groups is 1. The number of rotatable bonds is 9. The van der Waals surface area contributed by atoms with Crippen LogP contribution in [-0.4, -0.2) is 22.3 Å². The Morgan fingerprint density at radius 2 is 1.91 bits per heavy atom. The van der Waals surface area contributed by atoms with Gasteiger partial charge in [0.2, 0.25) is 11.8 Å². The van der Waals surface area contributed by atoms with Crippen molar-refractivity contribution in [1.82, 2.24) is 9.88 Å². The van der Waals surface area contributed by atoms with Crippen LogP contribution in [0.2, 0.25) is 0 Å². The highest BCUT2D eigenvalue weighted by Crippen LogP contribution is 2.35. The summed E-state index contributed by atoms with van der Waals surface area (Å²) >= 11 is 0. The van der Waals surface area contributed by atoms with E-state index in [4.69, 9.17) is 4.42 Å². The fourth-order valence-corrected chi connectivity index (χ4v) is 4.50. The summed E-state index contributed by atoms with van der Waals surface area (Å²) in [7, 11) is 0. The fraction of sp³-hybridized carbons (Fsp3) is 0.462. The number of halogens is 2. The van der Waals surface area contributed by atoms with Crippen LogP contribution < -0.4 is 0 Å². The summed E-state index contributed by atoms with van der Waals surface area (Å²) in [5, 5.41) is 0. The maximum absolute atomic E-state index is 14.2. The molecule has 1 unspecified atom stereocenters. The van der Waals surface area contributed by atoms with Gasteiger partial charge in [0.15, 0.2) is 5.58 Å². The largest absolute Gasteiger partial charge is 0.438 e. The third-order valence-corrected chi connectivity index (χ3v) is 6.25. The van der Waals surface area contributed by atoms with Gasteiger partial charge in [-0.25, -0.2) is 13.8 Å². The molecule has 1 aliphatic rings. The first kappa shape index (κ1) is 22.4. The molecule has 0 N–H and O–H groups in total. The van der Waals surface area contributed by atoms with E-state index in [2.05, 4.69) is 11.9 Å². The lowest BCUT2D eigenvalue weighted by Gasteiger charge is -2.22. The second-order valence-corrected chi connectivity index (χ2v) is 8.62. The number of fused-ring (bicyclic) bond motifs is 1. The van der Waals surface area contributed by atoms with E-state index in [-0.39, 0.29) is 11.9 Å². The zero-order valence-electron chi connectivity index (χ0n) is 18.6. The van der Waals surface area contributed by atoms with E-state index in [1.165, 1.54) is 37.8 Å². The molecular formula is C26H30F2N2O2. The summed E-state index contributed by atoms with van der Waals surface area (Å²) < 4.78 is 33.4. The van der Waals surface area contributed by atoms with Crippen molar-refractivity contribution in [1.29, 1.82) is 0 Å². The SMILES string of the molecule is CCCCCCCCC(=O)N1CCCC1c1nc2cc(-c3ccc(F)cc3F)ccc2o1. The number of unbranched alkanes of at least 4 members (excludes halogenated alkanes) is 5. The van der Waals surface area contributed by atoms with Crippen LogP contribution in [0.3, 0.4) is 0 Å². The van der Waals surface area contributed by atoms with Gasteiger partial charge in [-0.3, -0.25) is 4.79 Å². The van der Waals surface area contributed by atoms with Crippen LogP contribution in [0, 0.1) is 11.6 Å². The van der Waals surface area contributed by atoms with Crippen LogP contribution in [0.25, 0.3) is 22.2 Å². The first-order chi connectivity index (χ1) is 15.6. The average Bonchev–Trinajstić information content (AvgIpc) is 3.42. The first-order valence-electron chi connectivity index (χ1n) is 11.7. The van der Waals surface area contributed by atoms with Gasteiger partial charge in [0.25, 0.3) is 0 Å². The molecule has 32 heavy (non-hydrogen) atoms. The third-order valence-electron chi connectivity index (χ3n) is 6.25. The Kier molecular flexibility index (Phi) is 7.18. The molecule has 1 aliphatic heterocycles. The normalized spacial score (nSPS) is 16.2. The molecule has 3 aromatic rings. The number of amides is 1. The standard InChI is InChI=1S/C26H30F2N2O2/c1-2-3-4-5-6-7-10-25(31)30-15-8-9-23(30)26-29-22-16-18(11-14-24(22)32-26)20-13-12-19(27)17-21(20)28/h11-14,16-17,23H,2-10,15H2,1H3. The quantitative estimate of drug-likeness (QED) is 0.331. The number of hydrogen-bond acceptors (Lipinski definition) is 3. The minimum atomic E-state index is -0.615. The van der Waals surface area contributed by atoms with Crippen molar-refractivity contribution >= 4 is 17.0 Å². The highest BCUT2D eigenvalue weighted by molar-refractivity contribution is 5.81. The van der Waals surface area contributed by atoms with Crippen molar-refractivity contribution in [3.8, 4) is 11.1 Å². The van der Waals surface area contributed by atoms with Crippen molar-refractivity contribution in [3.63, 3.8) is 0 Å². The van der Waals surface area contributed by atoms with Gasteiger partial charge < -0.3 is 9.32 Å². The molecule has 1 amide bonds. The molecule has 2 heterocycles. The number of nitrogens with zero attached hydrogens (tertiary/aromatic N) is 2. The van der Waals surface area contributed by atoms with Gasteiger partial charge in [-0.15, -0.1) is 0 Å². The van der Waals surface area contributed by atoms with Crippen molar-refractivity contribution in [2.45, 2.75) is 70.8 Å².